The van der Waals surface area contributed by atoms with Crippen molar-refractivity contribution in [3.8, 4) is 0 Å². The van der Waals surface area contributed by atoms with E-state index in [4.69, 9.17) is 0 Å². The normalized spacial score (nSPS) is 20.3. The minimum Gasteiger partial charge on any atom is -0.340 e. The molecule has 1 fully saturated rings. The number of likely N-dealkylation sites (N-methyl/N-ethyl adjacent to an activating group) is 1. The number of sulfonamides is 1. The first-order chi connectivity index (χ1) is 10.8. The molecule has 1 aliphatic heterocycles. The zero-order chi connectivity index (χ0) is 17.0. The second-order valence-corrected chi connectivity index (χ2v) is 7.78. The van der Waals surface area contributed by atoms with Crippen molar-refractivity contribution in [3.63, 3.8) is 0 Å². The lowest BCUT2D eigenvalue weighted by atomic mass is 10.1. The number of carbonyl (C=O) groups is 1. The van der Waals surface area contributed by atoms with E-state index in [1.54, 1.807) is 36.1 Å². The summed E-state index contributed by atoms with van der Waals surface area (Å²) in [7, 11) is -1.82. The van der Waals surface area contributed by atoms with Crippen LogP contribution in [0.3, 0.4) is 0 Å². The highest BCUT2D eigenvalue weighted by molar-refractivity contribution is 7.89. The van der Waals surface area contributed by atoms with E-state index >= 15 is 0 Å². The lowest BCUT2D eigenvalue weighted by Gasteiger charge is -2.34. The summed E-state index contributed by atoms with van der Waals surface area (Å²) in [6.07, 6.45) is 1.96. The van der Waals surface area contributed by atoms with Crippen molar-refractivity contribution in [3.05, 3.63) is 29.8 Å². The standard InChI is InChI=1S/C16H25N3O3S/c1-12-6-8-15(9-7-12)23(21,22)18-13(2)16(20)19-10-4-5-14(11-19)17-3/h6-9,13-14,17-18H,4-5,10-11H2,1-3H3. The Labute approximate surface area is 138 Å². The maximum absolute atomic E-state index is 12.5. The Morgan fingerprint density at radius 3 is 2.57 bits per heavy atom. The summed E-state index contributed by atoms with van der Waals surface area (Å²) >= 11 is 0. The Morgan fingerprint density at radius 2 is 1.96 bits per heavy atom. The zero-order valence-corrected chi connectivity index (χ0v) is 14.7. The molecule has 1 aromatic carbocycles. The van der Waals surface area contributed by atoms with Gasteiger partial charge in [0.15, 0.2) is 0 Å². The summed E-state index contributed by atoms with van der Waals surface area (Å²) in [4.78, 5) is 14.4. The molecule has 2 N–H and O–H groups in total. The molecule has 128 valence electrons. The van der Waals surface area contributed by atoms with Crippen molar-refractivity contribution in [2.24, 2.45) is 0 Å². The molecular formula is C16H25N3O3S. The van der Waals surface area contributed by atoms with Crippen LogP contribution in [-0.2, 0) is 14.8 Å². The molecule has 2 atom stereocenters. The molecule has 0 aliphatic carbocycles. The maximum Gasteiger partial charge on any atom is 0.241 e. The molecule has 6 nitrogen and oxygen atoms in total. The summed E-state index contributed by atoms with van der Waals surface area (Å²) in [6, 6.07) is 6.07. The number of rotatable bonds is 5. The number of amides is 1. The third kappa shape index (κ3) is 4.53. The molecule has 1 heterocycles. The van der Waals surface area contributed by atoms with Crippen molar-refractivity contribution in [1.82, 2.24) is 14.9 Å². The lowest BCUT2D eigenvalue weighted by molar-refractivity contribution is -0.133. The lowest BCUT2D eigenvalue weighted by Crippen LogP contribution is -2.53. The first-order valence-corrected chi connectivity index (χ1v) is 9.37. The number of likely N-dealkylation sites (tertiary alicyclic amines) is 1. The Hall–Kier alpha value is -1.44. The number of piperidine rings is 1. The highest BCUT2D eigenvalue weighted by atomic mass is 32.2. The average molecular weight is 339 g/mol. The molecule has 2 rings (SSSR count). The van der Waals surface area contributed by atoms with E-state index in [9.17, 15) is 13.2 Å². The molecule has 7 heteroatoms. The number of benzene rings is 1. The van der Waals surface area contributed by atoms with Crippen LogP contribution in [-0.4, -0.2) is 51.4 Å². The van der Waals surface area contributed by atoms with E-state index in [0.717, 1.165) is 18.4 Å². The van der Waals surface area contributed by atoms with Crippen molar-refractivity contribution in [2.75, 3.05) is 20.1 Å². The van der Waals surface area contributed by atoms with E-state index in [0.29, 0.717) is 13.1 Å². The van der Waals surface area contributed by atoms with Gasteiger partial charge < -0.3 is 10.2 Å². The van der Waals surface area contributed by atoms with Crippen molar-refractivity contribution < 1.29 is 13.2 Å². The van der Waals surface area contributed by atoms with Gasteiger partial charge in [0.05, 0.1) is 10.9 Å². The van der Waals surface area contributed by atoms with Gasteiger partial charge in [-0.2, -0.15) is 4.72 Å². The number of aryl methyl sites for hydroxylation is 1. The van der Waals surface area contributed by atoms with Crippen LogP contribution in [0.15, 0.2) is 29.2 Å². The molecule has 1 amide bonds. The number of hydrogen-bond acceptors (Lipinski definition) is 4. The Kier molecular flexibility index (Phi) is 5.78. The van der Waals surface area contributed by atoms with Gasteiger partial charge in [0.2, 0.25) is 15.9 Å². The molecule has 1 aliphatic rings. The van der Waals surface area contributed by atoms with Gasteiger partial charge in [0, 0.05) is 19.1 Å². The van der Waals surface area contributed by atoms with Crippen molar-refractivity contribution >= 4 is 15.9 Å². The van der Waals surface area contributed by atoms with Crippen LogP contribution in [0, 0.1) is 6.92 Å². The molecule has 23 heavy (non-hydrogen) atoms. The first-order valence-electron chi connectivity index (χ1n) is 7.88. The van der Waals surface area contributed by atoms with Crippen LogP contribution >= 0.6 is 0 Å². The predicted molar refractivity (Wildman–Crippen MR) is 89.6 cm³/mol. The number of carbonyl (C=O) groups excluding carboxylic acids is 1. The fourth-order valence-electron chi connectivity index (χ4n) is 2.76. The second kappa shape index (κ2) is 7.42. The number of nitrogens with zero attached hydrogens (tertiary/aromatic N) is 1. The van der Waals surface area contributed by atoms with Crippen molar-refractivity contribution in [1.29, 1.82) is 0 Å². The summed E-state index contributed by atoms with van der Waals surface area (Å²) in [5.41, 5.74) is 0.986. The largest absolute Gasteiger partial charge is 0.340 e. The highest BCUT2D eigenvalue weighted by Crippen LogP contribution is 2.14. The van der Waals surface area contributed by atoms with Crippen LogP contribution in [0.1, 0.15) is 25.3 Å². The molecule has 2 unspecified atom stereocenters. The minimum atomic E-state index is -3.69. The third-order valence-electron chi connectivity index (χ3n) is 4.17. The Bertz CT molecular complexity index is 643. The molecule has 0 bridgehead atoms. The van der Waals surface area contributed by atoms with Crippen LogP contribution in [0.2, 0.25) is 0 Å². The number of nitrogens with one attached hydrogen (secondary N) is 2. The molecule has 0 spiro atoms. The van der Waals surface area contributed by atoms with Gasteiger partial charge in [-0.1, -0.05) is 17.7 Å². The summed E-state index contributed by atoms with van der Waals surface area (Å²) in [5, 5.41) is 3.17. The van der Waals surface area contributed by atoms with Gasteiger partial charge in [-0.3, -0.25) is 4.79 Å². The maximum atomic E-state index is 12.5. The zero-order valence-electron chi connectivity index (χ0n) is 13.9. The van der Waals surface area contributed by atoms with Crippen LogP contribution in [0.25, 0.3) is 0 Å². The summed E-state index contributed by atoms with van der Waals surface area (Å²) in [5.74, 6) is -0.180. The van der Waals surface area contributed by atoms with Gasteiger partial charge in [0.25, 0.3) is 0 Å². The SMILES string of the molecule is CNC1CCCN(C(=O)C(C)NS(=O)(=O)c2ccc(C)cc2)C1. The van der Waals surface area contributed by atoms with Gasteiger partial charge in [-0.15, -0.1) is 0 Å². The minimum absolute atomic E-state index is 0.175. The van der Waals surface area contributed by atoms with Crippen LogP contribution < -0.4 is 10.0 Å². The van der Waals surface area contributed by atoms with Gasteiger partial charge in [-0.25, -0.2) is 8.42 Å². The van der Waals surface area contributed by atoms with E-state index in [1.165, 1.54) is 0 Å². The van der Waals surface area contributed by atoms with E-state index < -0.39 is 16.1 Å². The number of hydrogen-bond donors (Lipinski definition) is 2. The molecule has 0 aromatic heterocycles. The first kappa shape index (κ1) is 17.9. The van der Waals surface area contributed by atoms with E-state index in [-0.39, 0.29) is 16.8 Å². The van der Waals surface area contributed by atoms with Crippen LogP contribution in [0.5, 0.6) is 0 Å². The topological polar surface area (TPSA) is 78.5 Å². The molecule has 0 saturated carbocycles. The van der Waals surface area contributed by atoms with E-state index in [1.807, 2.05) is 14.0 Å². The fourth-order valence-corrected chi connectivity index (χ4v) is 3.95. The predicted octanol–water partition coefficient (Wildman–Crippen LogP) is 0.872. The second-order valence-electron chi connectivity index (χ2n) is 6.07. The quantitative estimate of drug-likeness (QED) is 0.834. The van der Waals surface area contributed by atoms with E-state index in [2.05, 4.69) is 10.0 Å². The van der Waals surface area contributed by atoms with Crippen molar-refractivity contribution in [2.45, 2.75) is 43.7 Å². The summed E-state index contributed by atoms with van der Waals surface area (Å²) < 4.78 is 27.2. The van der Waals surface area contributed by atoms with Gasteiger partial charge in [-0.05, 0) is 45.9 Å². The van der Waals surface area contributed by atoms with Crippen LogP contribution in [0.4, 0.5) is 0 Å². The summed E-state index contributed by atoms with van der Waals surface area (Å²) in [6.45, 7) is 4.78. The fraction of sp³-hybridized carbons (Fsp3) is 0.562. The smallest absolute Gasteiger partial charge is 0.241 e. The van der Waals surface area contributed by atoms with Gasteiger partial charge in [0.1, 0.15) is 0 Å². The Balaban J connectivity index is 2.03. The highest BCUT2D eigenvalue weighted by Gasteiger charge is 2.28. The third-order valence-corrected chi connectivity index (χ3v) is 5.73. The molecule has 0 radical (unpaired) electrons. The molecular weight excluding hydrogens is 314 g/mol. The van der Waals surface area contributed by atoms with Gasteiger partial charge >= 0.3 is 0 Å². The molecule has 1 saturated heterocycles. The monoisotopic (exact) mass is 339 g/mol. The Morgan fingerprint density at radius 1 is 1.30 bits per heavy atom. The molecule has 1 aromatic rings. The average Bonchev–Trinajstić information content (AvgIpc) is 2.54.